The van der Waals surface area contributed by atoms with E-state index in [4.69, 9.17) is 9.84 Å². The second-order valence-corrected chi connectivity index (χ2v) is 6.65. The average molecular weight is 407 g/mol. The summed E-state index contributed by atoms with van der Waals surface area (Å²) in [6, 6.07) is 15.4. The first-order valence-corrected chi connectivity index (χ1v) is 8.76. The number of fused-ring (bicyclic) bond motifs is 1. The number of nitriles is 1. The molecule has 0 bridgehead atoms. The summed E-state index contributed by atoms with van der Waals surface area (Å²) in [7, 11) is 0. The summed E-state index contributed by atoms with van der Waals surface area (Å²) in [5.74, 6) is -1.96. The Morgan fingerprint density at radius 3 is 2.50 bits per heavy atom. The second kappa shape index (κ2) is 8.06. The lowest BCUT2D eigenvalue weighted by Gasteiger charge is -2.18. The molecule has 1 amide bonds. The van der Waals surface area contributed by atoms with Gasteiger partial charge in [0.2, 0.25) is 0 Å². The standard InChI is InChI=1S/C21H17N3O6/c1-21(29,20(27)28)11-23-19(26)17-18(25)14-8-7-13(9-15(14)16(10-22)24-17)30-12-5-3-2-4-6-12/h2-9,25,29H,11H2,1H3,(H,23,26)(H,27,28). The highest BCUT2D eigenvalue weighted by Gasteiger charge is 2.31. The van der Waals surface area contributed by atoms with E-state index in [0.29, 0.717) is 11.5 Å². The van der Waals surface area contributed by atoms with Gasteiger partial charge in [-0.25, -0.2) is 9.78 Å². The lowest BCUT2D eigenvalue weighted by atomic mass is 10.1. The van der Waals surface area contributed by atoms with Crippen molar-refractivity contribution in [2.45, 2.75) is 12.5 Å². The number of benzene rings is 2. The number of aliphatic hydroxyl groups is 1. The Morgan fingerprint density at radius 2 is 1.87 bits per heavy atom. The average Bonchev–Trinajstić information content (AvgIpc) is 2.73. The van der Waals surface area contributed by atoms with Crippen LogP contribution in [0.25, 0.3) is 10.8 Å². The summed E-state index contributed by atoms with van der Waals surface area (Å²) in [4.78, 5) is 27.2. The van der Waals surface area contributed by atoms with Gasteiger partial charge in [0.25, 0.3) is 5.91 Å². The number of carboxylic acids is 1. The molecule has 0 radical (unpaired) electrons. The molecule has 2 aromatic carbocycles. The van der Waals surface area contributed by atoms with E-state index in [2.05, 4.69) is 10.3 Å². The van der Waals surface area contributed by atoms with Crippen LogP contribution in [0.2, 0.25) is 0 Å². The number of hydrogen-bond donors (Lipinski definition) is 4. The third-order valence-electron chi connectivity index (χ3n) is 4.30. The normalized spacial score (nSPS) is 12.6. The number of para-hydroxylation sites is 1. The van der Waals surface area contributed by atoms with Crippen molar-refractivity contribution in [1.82, 2.24) is 10.3 Å². The van der Waals surface area contributed by atoms with Gasteiger partial charge in [0.1, 0.15) is 23.3 Å². The number of carboxylic acid groups (broad SMARTS) is 1. The molecule has 3 aromatic rings. The van der Waals surface area contributed by atoms with Crippen LogP contribution >= 0.6 is 0 Å². The molecule has 0 saturated carbocycles. The number of nitrogens with zero attached hydrogens (tertiary/aromatic N) is 2. The summed E-state index contributed by atoms with van der Waals surface area (Å²) in [6.07, 6.45) is 0. The van der Waals surface area contributed by atoms with Gasteiger partial charge in [-0.2, -0.15) is 5.26 Å². The lowest BCUT2D eigenvalue weighted by molar-refractivity contribution is -0.155. The molecule has 0 aliphatic carbocycles. The number of amides is 1. The molecule has 1 aromatic heterocycles. The van der Waals surface area contributed by atoms with Crippen molar-refractivity contribution < 1.29 is 29.6 Å². The molecule has 1 unspecified atom stereocenters. The summed E-state index contributed by atoms with van der Waals surface area (Å²) < 4.78 is 5.72. The zero-order chi connectivity index (χ0) is 21.9. The third-order valence-corrected chi connectivity index (χ3v) is 4.30. The van der Waals surface area contributed by atoms with Gasteiger partial charge in [-0.05, 0) is 37.3 Å². The van der Waals surface area contributed by atoms with Gasteiger partial charge in [0.15, 0.2) is 17.0 Å². The number of ether oxygens (including phenoxy) is 1. The van der Waals surface area contributed by atoms with Crippen LogP contribution in [0.4, 0.5) is 0 Å². The molecule has 9 nitrogen and oxygen atoms in total. The van der Waals surface area contributed by atoms with Gasteiger partial charge in [0.05, 0.1) is 6.54 Å². The lowest BCUT2D eigenvalue weighted by Crippen LogP contribution is -2.46. The first kappa shape index (κ1) is 20.6. The van der Waals surface area contributed by atoms with Crippen molar-refractivity contribution in [1.29, 1.82) is 5.26 Å². The van der Waals surface area contributed by atoms with E-state index in [9.17, 15) is 25.1 Å². The monoisotopic (exact) mass is 407 g/mol. The molecule has 152 valence electrons. The van der Waals surface area contributed by atoms with Crippen molar-refractivity contribution in [2.75, 3.05) is 6.54 Å². The van der Waals surface area contributed by atoms with Gasteiger partial charge in [-0.1, -0.05) is 18.2 Å². The largest absolute Gasteiger partial charge is 0.505 e. The molecular formula is C21H17N3O6. The Hall–Kier alpha value is -4.16. The Morgan fingerprint density at radius 1 is 1.17 bits per heavy atom. The summed E-state index contributed by atoms with van der Waals surface area (Å²) in [5.41, 5.74) is -2.79. The van der Waals surface area contributed by atoms with E-state index in [1.807, 2.05) is 12.1 Å². The summed E-state index contributed by atoms with van der Waals surface area (Å²) in [5, 5.41) is 41.3. The van der Waals surface area contributed by atoms with Crippen LogP contribution < -0.4 is 10.1 Å². The smallest absolute Gasteiger partial charge is 0.337 e. The van der Waals surface area contributed by atoms with E-state index in [-0.39, 0.29) is 16.5 Å². The highest BCUT2D eigenvalue weighted by atomic mass is 16.5. The van der Waals surface area contributed by atoms with Crippen LogP contribution in [0.1, 0.15) is 23.1 Å². The van der Waals surface area contributed by atoms with Crippen molar-refractivity contribution in [3.63, 3.8) is 0 Å². The number of pyridine rings is 1. The predicted molar refractivity (Wildman–Crippen MR) is 105 cm³/mol. The maximum Gasteiger partial charge on any atom is 0.337 e. The van der Waals surface area contributed by atoms with Crippen LogP contribution in [-0.2, 0) is 4.79 Å². The number of aromatic nitrogens is 1. The minimum absolute atomic E-state index is 0.128. The number of rotatable bonds is 6. The maximum absolute atomic E-state index is 12.4. The van der Waals surface area contributed by atoms with Crippen LogP contribution in [0.3, 0.4) is 0 Å². The Bertz CT molecular complexity index is 1170. The fourth-order valence-electron chi connectivity index (χ4n) is 2.62. The SMILES string of the molecule is CC(O)(CNC(=O)c1nc(C#N)c2cc(Oc3ccccc3)ccc2c1O)C(=O)O. The summed E-state index contributed by atoms with van der Waals surface area (Å²) in [6.45, 7) is 0.393. The zero-order valence-corrected chi connectivity index (χ0v) is 15.8. The Labute approximate surface area is 170 Å². The summed E-state index contributed by atoms with van der Waals surface area (Å²) >= 11 is 0. The Kier molecular flexibility index (Phi) is 5.53. The number of aliphatic carboxylic acids is 1. The molecule has 0 saturated heterocycles. The van der Waals surface area contributed by atoms with Crippen LogP contribution in [0.15, 0.2) is 48.5 Å². The van der Waals surface area contributed by atoms with E-state index in [1.54, 1.807) is 30.3 Å². The fraction of sp³-hybridized carbons (Fsp3) is 0.143. The molecule has 30 heavy (non-hydrogen) atoms. The quantitative estimate of drug-likeness (QED) is 0.485. The number of nitrogens with one attached hydrogen (secondary N) is 1. The van der Waals surface area contributed by atoms with Crippen molar-refractivity contribution in [3.8, 4) is 23.3 Å². The highest BCUT2D eigenvalue weighted by molar-refractivity contribution is 6.03. The Balaban J connectivity index is 1.96. The molecule has 0 aliphatic rings. The molecule has 1 atom stereocenters. The van der Waals surface area contributed by atoms with Crippen LogP contribution in [0.5, 0.6) is 17.2 Å². The zero-order valence-electron chi connectivity index (χ0n) is 15.8. The molecule has 1 heterocycles. The molecule has 3 rings (SSSR count). The third kappa shape index (κ3) is 4.14. The first-order chi connectivity index (χ1) is 14.2. The van der Waals surface area contributed by atoms with E-state index < -0.39 is 35.5 Å². The molecule has 4 N–H and O–H groups in total. The van der Waals surface area contributed by atoms with Crippen molar-refractivity contribution in [3.05, 3.63) is 59.9 Å². The minimum Gasteiger partial charge on any atom is -0.505 e. The van der Waals surface area contributed by atoms with E-state index in [0.717, 1.165) is 6.92 Å². The van der Waals surface area contributed by atoms with Crippen molar-refractivity contribution >= 4 is 22.6 Å². The van der Waals surface area contributed by atoms with Gasteiger partial charge < -0.3 is 25.4 Å². The predicted octanol–water partition coefficient (Wildman–Crippen LogP) is 2.17. The van der Waals surface area contributed by atoms with Gasteiger partial charge in [-0.3, -0.25) is 4.79 Å². The maximum atomic E-state index is 12.4. The second-order valence-electron chi connectivity index (χ2n) is 6.65. The minimum atomic E-state index is -2.20. The van der Waals surface area contributed by atoms with Gasteiger partial charge >= 0.3 is 5.97 Å². The van der Waals surface area contributed by atoms with Crippen LogP contribution in [0, 0.1) is 11.3 Å². The number of carbonyl (C=O) groups excluding carboxylic acids is 1. The number of carbonyl (C=O) groups is 2. The molecule has 0 fully saturated rings. The fourth-order valence-corrected chi connectivity index (χ4v) is 2.62. The molecule has 9 heteroatoms. The van der Waals surface area contributed by atoms with Gasteiger partial charge in [0, 0.05) is 10.8 Å². The first-order valence-electron chi connectivity index (χ1n) is 8.76. The van der Waals surface area contributed by atoms with Gasteiger partial charge in [-0.15, -0.1) is 0 Å². The highest BCUT2D eigenvalue weighted by Crippen LogP contribution is 2.33. The van der Waals surface area contributed by atoms with Crippen LogP contribution in [-0.4, -0.2) is 44.3 Å². The topological polar surface area (TPSA) is 153 Å². The molecule has 0 spiro atoms. The number of aromatic hydroxyl groups is 1. The van der Waals surface area contributed by atoms with E-state index >= 15 is 0 Å². The molecule has 0 aliphatic heterocycles. The number of hydrogen-bond acceptors (Lipinski definition) is 7. The van der Waals surface area contributed by atoms with Crippen molar-refractivity contribution in [2.24, 2.45) is 0 Å². The van der Waals surface area contributed by atoms with E-state index in [1.165, 1.54) is 12.1 Å². The molecular weight excluding hydrogens is 390 g/mol.